The molecule has 0 heterocycles. The maximum absolute atomic E-state index is 5.90. The van der Waals surface area contributed by atoms with Crippen molar-refractivity contribution in [2.45, 2.75) is 19.9 Å². The third-order valence-electron chi connectivity index (χ3n) is 2.31. The fourth-order valence-electron chi connectivity index (χ4n) is 1.27. The monoisotopic (exact) mass is 179 g/mol. The Labute approximate surface area is 79.7 Å². The molecule has 0 bridgehead atoms. The van der Waals surface area contributed by atoms with Crippen LogP contribution < -0.4 is 5.73 Å². The molecule has 0 amide bonds. The summed E-state index contributed by atoms with van der Waals surface area (Å²) in [5, 5.41) is 0. The minimum atomic E-state index is -0.00991. The average Bonchev–Trinajstić information content (AvgIpc) is 2.10. The first kappa shape index (κ1) is 10.2. The van der Waals surface area contributed by atoms with Crippen molar-refractivity contribution >= 4 is 0 Å². The van der Waals surface area contributed by atoms with Crippen LogP contribution in [0.4, 0.5) is 0 Å². The van der Waals surface area contributed by atoms with Gasteiger partial charge in [0.25, 0.3) is 0 Å². The van der Waals surface area contributed by atoms with Crippen LogP contribution in [-0.2, 0) is 4.74 Å². The molecule has 0 radical (unpaired) electrons. The molecule has 0 unspecified atom stereocenters. The summed E-state index contributed by atoms with van der Waals surface area (Å²) in [4.78, 5) is 0. The average molecular weight is 179 g/mol. The number of hydrogen-bond acceptors (Lipinski definition) is 2. The van der Waals surface area contributed by atoms with Gasteiger partial charge in [0.1, 0.15) is 0 Å². The lowest BCUT2D eigenvalue weighted by Crippen LogP contribution is -2.16. The molecule has 13 heavy (non-hydrogen) atoms. The third kappa shape index (κ3) is 2.54. The van der Waals surface area contributed by atoms with Gasteiger partial charge >= 0.3 is 0 Å². The summed E-state index contributed by atoms with van der Waals surface area (Å²) in [6.07, 6.45) is 0. The molecule has 0 aromatic heterocycles. The maximum Gasteiger partial charge on any atom is 0.0655 e. The van der Waals surface area contributed by atoms with Gasteiger partial charge in [0.2, 0.25) is 0 Å². The van der Waals surface area contributed by atoms with Gasteiger partial charge in [-0.25, -0.2) is 0 Å². The Bertz CT molecular complexity index is 283. The Morgan fingerprint density at radius 1 is 1.31 bits per heavy atom. The summed E-state index contributed by atoms with van der Waals surface area (Å²) >= 11 is 0. The Hall–Kier alpha value is -0.860. The van der Waals surface area contributed by atoms with Crippen LogP contribution in [-0.4, -0.2) is 13.7 Å². The normalized spacial score (nSPS) is 12.9. The number of hydrogen-bond donors (Lipinski definition) is 1. The van der Waals surface area contributed by atoms with Crippen molar-refractivity contribution < 1.29 is 4.74 Å². The topological polar surface area (TPSA) is 35.2 Å². The number of aryl methyl sites for hydroxylation is 2. The molecule has 1 atom stereocenters. The zero-order chi connectivity index (χ0) is 9.84. The smallest absolute Gasteiger partial charge is 0.0655 e. The molecular formula is C11H17NO. The van der Waals surface area contributed by atoms with Crippen LogP contribution in [0.2, 0.25) is 0 Å². The van der Waals surface area contributed by atoms with E-state index in [2.05, 4.69) is 32.0 Å². The highest BCUT2D eigenvalue weighted by molar-refractivity contribution is 5.31. The van der Waals surface area contributed by atoms with Crippen molar-refractivity contribution in [2.24, 2.45) is 5.73 Å². The fraction of sp³-hybridized carbons (Fsp3) is 0.455. The summed E-state index contributed by atoms with van der Waals surface area (Å²) in [5.41, 5.74) is 9.62. The van der Waals surface area contributed by atoms with Crippen molar-refractivity contribution in [3.8, 4) is 0 Å². The molecule has 0 aliphatic carbocycles. The number of rotatable bonds is 3. The predicted molar refractivity (Wildman–Crippen MR) is 54.7 cm³/mol. The Kier molecular flexibility index (Phi) is 3.46. The van der Waals surface area contributed by atoms with E-state index in [-0.39, 0.29) is 6.04 Å². The number of benzene rings is 1. The second-order valence-electron chi connectivity index (χ2n) is 3.41. The Balaban J connectivity index is 2.84. The summed E-state index contributed by atoms with van der Waals surface area (Å²) in [6, 6.07) is 6.27. The highest BCUT2D eigenvalue weighted by atomic mass is 16.5. The first-order valence-electron chi connectivity index (χ1n) is 4.47. The van der Waals surface area contributed by atoms with E-state index in [4.69, 9.17) is 10.5 Å². The summed E-state index contributed by atoms with van der Waals surface area (Å²) in [7, 11) is 1.67. The van der Waals surface area contributed by atoms with Crippen LogP contribution in [0.5, 0.6) is 0 Å². The van der Waals surface area contributed by atoms with E-state index in [0.29, 0.717) is 6.61 Å². The van der Waals surface area contributed by atoms with Crippen molar-refractivity contribution in [2.75, 3.05) is 13.7 Å². The van der Waals surface area contributed by atoms with Gasteiger partial charge in [-0.3, -0.25) is 0 Å². The molecular weight excluding hydrogens is 162 g/mol. The second-order valence-corrected chi connectivity index (χ2v) is 3.41. The van der Waals surface area contributed by atoms with Crippen LogP contribution in [0.3, 0.4) is 0 Å². The molecule has 2 nitrogen and oxygen atoms in total. The van der Waals surface area contributed by atoms with Crippen molar-refractivity contribution in [1.29, 1.82) is 0 Å². The lowest BCUT2D eigenvalue weighted by atomic mass is 10.0. The molecule has 2 N–H and O–H groups in total. The Morgan fingerprint density at radius 2 is 2.00 bits per heavy atom. The van der Waals surface area contributed by atoms with Crippen LogP contribution in [0, 0.1) is 13.8 Å². The van der Waals surface area contributed by atoms with Crippen LogP contribution in [0.15, 0.2) is 18.2 Å². The van der Waals surface area contributed by atoms with Gasteiger partial charge in [0.15, 0.2) is 0 Å². The van der Waals surface area contributed by atoms with E-state index in [1.54, 1.807) is 7.11 Å². The zero-order valence-electron chi connectivity index (χ0n) is 8.50. The van der Waals surface area contributed by atoms with Gasteiger partial charge in [-0.2, -0.15) is 0 Å². The van der Waals surface area contributed by atoms with Gasteiger partial charge < -0.3 is 10.5 Å². The molecule has 1 rings (SSSR count). The third-order valence-corrected chi connectivity index (χ3v) is 2.31. The molecule has 0 aliphatic rings. The van der Waals surface area contributed by atoms with Gasteiger partial charge in [-0.05, 0) is 30.5 Å². The maximum atomic E-state index is 5.90. The van der Waals surface area contributed by atoms with E-state index in [1.807, 2.05) is 0 Å². The largest absolute Gasteiger partial charge is 0.383 e. The van der Waals surface area contributed by atoms with Crippen LogP contribution in [0.1, 0.15) is 22.7 Å². The number of nitrogens with two attached hydrogens (primary N) is 1. The van der Waals surface area contributed by atoms with E-state index in [9.17, 15) is 0 Å². The molecule has 1 aromatic carbocycles. The molecule has 0 aliphatic heterocycles. The van der Waals surface area contributed by atoms with Gasteiger partial charge in [-0.15, -0.1) is 0 Å². The summed E-state index contributed by atoms with van der Waals surface area (Å²) in [5.74, 6) is 0. The Morgan fingerprint density at radius 3 is 2.54 bits per heavy atom. The first-order valence-corrected chi connectivity index (χ1v) is 4.47. The standard InChI is InChI=1S/C11H17NO/c1-8-4-5-10(6-9(8)2)11(12)7-13-3/h4-6,11H,7,12H2,1-3H3/t11-/m0/s1. The van der Waals surface area contributed by atoms with Crippen molar-refractivity contribution in [3.05, 3.63) is 34.9 Å². The minimum absolute atomic E-state index is 0.00991. The quantitative estimate of drug-likeness (QED) is 0.769. The number of methoxy groups -OCH3 is 1. The lowest BCUT2D eigenvalue weighted by molar-refractivity contribution is 0.181. The molecule has 0 saturated heterocycles. The summed E-state index contributed by atoms with van der Waals surface area (Å²) < 4.78 is 5.00. The first-order chi connectivity index (χ1) is 6.15. The van der Waals surface area contributed by atoms with Gasteiger partial charge in [0, 0.05) is 7.11 Å². The molecule has 0 saturated carbocycles. The molecule has 1 aromatic rings. The van der Waals surface area contributed by atoms with Gasteiger partial charge in [-0.1, -0.05) is 18.2 Å². The fourth-order valence-corrected chi connectivity index (χ4v) is 1.27. The predicted octanol–water partition coefficient (Wildman–Crippen LogP) is 1.95. The van der Waals surface area contributed by atoms with E-state index in [1.165, 1.54) is 11.1 Å². The highest BCUT2D eigenvalue weighted by Crippen LogP contribution is 2.15. The SMILES string of the molecule is COC[C@H](N)c1ccc(C)c(C)c1. The lowest BCUT2D eigenvalue weighted by Gasteiger charge is -2.12. The molecule has 2 heteroatoms. The van der Waals surface area contributed by atoms with Crippen molar-refractivity contribution in [3.63, 3.8) is 0 Å². The van der Waals surface area contributed by atoms with Crippen LogP contribution >= 0.6 is 0 Å². The van der Waals surface area contributed by atoms with E-state index >= 15 is 0 Å². The van der Waals surface area contributed by atoms with E-state index in [0.717, 1.165) is 5.56 Å². The zero-order valence-corrected chi connectivity index (χ0v) is 8.50. The van der Waals surface area contributed by atoms with Gasteiger partial charge in [0.05, 0.1) is 12.6 Å². The van der Waals surface area contributed by atoms with E-state index < -0.39 is 0 Å². The van der Waals surface area contributed by atoms with Crippen molar-refractivity contribution in [1.82, 2.24) is 0 Å². The van der Waals surface area contributed by atoms with Crippen LogP contribution in [0.25, 0.3) is 0 Å². The molecule has 0 fully saturated rings. The number of ether oxygens (including phenoxy) is 1. The second kappa shape index (κ2) is 4.40. The molecule has 0 spiro atoms. The minimum Gasteiger partial charge on any atom is -0.383 e. The molecule has 72 valence electrons. The summed E-state index contributed by atoms with van der Waals surface area (Å²) in [6.45, 7) is 4.77. The highest BCUT2D eigenvalue weighted by Gasteiger charge is 2.05.